The van der Waals surface area contributed by atoms with Gasteiger partial charge in [0.2, 0.25) is 0 Å². The molecule has 114 valence electrons. The van der Waals surface area contributed by atoms with Crippen molar-refractivity contribution in [3.05, 3.63) is 81.7 Å². The molecule has 0 amide bonds. The molecule has 5 rings (SSSR count). The van der Waals surface area contributed by atoms with Crippen molar-refractivity contribution >= 4 is 74.9 Å². The first kappa shape index (κ1) is 14.4. The lowest BCUT2D eigenvalue weighted by Crippen LogP contribution is -1.84. The molecule has 0 bridgehead atoms. The lowest BCUT2D eigenvalue weighted by Gasteiger charge is -2.11. The van der Waals surface area contributed by atoms with Gasteiger partial charge in [-0.05, 0) is 75.6 Å². The first-order valence-corrected chi connectivity index (χ1v) is 9.43. The van der Waals surface area contributed by atoms with Crippen LogP contribution in [-0.2, 0) is 0 Å². The number of hydrogen-bond donors (Lipinski definition) is 0. The van der Waals surface area contributed by atoms with E-state index < -0.39 is 0 Å². The number of hydrogen-bond acceptors (Lipinski definition) is 0. The molecule has 0 aliphatic heterocycles. The number of rotatable bonds is 0. The van der Waals surface area contributed by atoms with E-state index in [1.54, 1.807) is 0 Å². The average Bonchev–Trinajstić information content (AvgIpc) is 2.63. The van der Waals surface area contributed by atoms with E-state index in [0.29, 0.717) is 0 Å². The zero-order valence-electron chi connectivity index (χ0n) is 12.7. The van der Waals surface area contributed by atoms with Gasteiger partial charge in [-0.25, -0.2) is 0 Å². The second-order valence-electron chi connectivity index (χ2n) is 6.07. The van der Waals surface area contributed by atoms with Crippen LogP contribution in [0.15, 0.2) is 81.7 Å². The van der Waals surface area contributed by atoms with E-state index >= 15 is 0 Å². The molecule has 0 aromatic heterocycles. The topological polar surface area (TPSA) is 0 Å². The fourth-order valence-corrected chi connectivity index (χ4v) is 4.57. The van der Waals surface area contributed by atoms with Crippen molar-refractivity contribution in [3.63, 3.8) is 0 Å². The molecule has 0 aliphatic rings. The molecular weight excluding hydrogens is 424 g/mol. The number of halogens is 2. The van der Waals surface area contributed by atoms with Gasteiger partial charge in [0.15, 0.2) is 0 Å². The molecule has 0 N–H and O–H groups in total. The number of fused-ring (bicyclic) bond motifs is 7. The predicted molar refractivity (Wildman–Crippen MR) is 112 cm³/mol. The van der Waals surface area contributed by atoms with Crippen LogP contribution >= 0.6 is 31.9 Å². The molecule has 0 spiro atoms. The van der Waals surface area contributed by atoms with Gasteiger partial charge in [0.25, 0.3) is 0 Å². The molecule has 0 saturated carbocycles. The molecule has 0 nitrogen and oxygen atoms in total. The molecule has 0 heterocycles. The van der Waals surface area contributed by atoms with Gasteiger partial charge in [0.05, 0.1) is 0 Å². The third-order valence-corrected chi connectivity index (χ3v) is 6.81. The molecule has 0 atom stereocenters. The minimum atomic E-state index is 1.08. The summed E-state index contributed by atoms with van der Waals surface area (Å²) in [5, 5.41) is 10.3. The molecule has 24 heavy (non-hydrogen) atoms. The van der Waals surface area contributed by atoms with Gasteiger partial charge in [-0.2, -0.15) is 0 Å². The first-order valence-electron chi connectivity index (χ1n) is 7.85. The highest BCUT2D eigenvalue weighted by Crippen LogP contribution is 2.39. The van der Waals surface area contributed by atoms with Gasteiger partial charge >= 0.3 is 0 Å². The van der Waals surface area contributed by atoms with Crippen LogP contribution in [0.2, 0.25) is 0 Å². The molecule has 0 unspecified atom stereocenters. The molecule has 5 aromatic rings. The molecule has 2 heteroatoms. The SMILES string of the molecule is Brc1ccc2ccc3c4ccc5ccccc5c4ccc3c2c1Br. The van der Waals surface area contributed by atoms with E-state index in [0.717, 1.165) is 8.95 Å². The minimum Gasteiger partial charge on any atom is -0.0616 e. The molecular formula is C22H12Br2. The Balaban J connectivity index is 2.04. The van der Waals surface area contributed by atoms with Gasteiger partial charge in [0, 0.05) is 14.3 Å². The summed E-state index contributed by atoms with van der Waals surface area (Å²) in [4.78, 5) is 0. The molecule has 0 saturated heterocycles. The molecule has 0 fully saturated rings. The van der Waals surface area contributed by atoms with E-state index in [4.69, 9.17) is 0 Å². The zero-order chi connectivity index (χ0) is 16.3. The Morgan fingerprint density at radius 2 is 1.04 bits per heavy atom. The highest BCUT2D eigenvalue weighted by molar-refractivity contribution is 9.13. The van der Waals surface area contributed by atoms with Crippen LogP contribution < -0.4 is 0 Å². The van der Waals surface area contributed by atoms with Crippen LogP contribution in [-0.4, -0.2) is 0 Å². The van der Waals surface area contributed by atoms with E-state index in [9.17, 15) is 0 Å². The van der Waals surface area contributed by atoms with Crippen molar-refractivity contribution in [1.29, 1.82) is 0 Å². The van der Waals surface area contributed by atoms with Gasteiger partial charge in [-0.15, -0.1) is 0 Å². The lowest BCUT2D eigenvalue weighted by molar-refractivity contribution is 1.68. The quantitative estimate of drug-likeness (QED) is 0.217. The Labute approximate surface area is 156 Å². The average molecular weight is 436 g/mol. The fourth-order valence-electron chi connectivity index (χ4n) is 3.66. The lowest BCUT2D eigenvalue weighted by atomic mass is 9.94. The van der Waals surface area contributed by atoms with Crippen molar-refractivity contribution in [2.75, 3.05) is 0 Å². The Bertz CT molecular complexity index is 1270. The predicted octanol–water partition coefficient (Wildman–Crippen LogP) is 7.82. The van der Waals surface area contributed by atoms with Gasteiger partial charge in [-0.1, -0.05) is 66.7 Å². The maximum atomic E-state index is 3.76. The highest BCUT2D eigenvalue weighted by Gasteiger charge is 2.10. The third kappa shape index (κ3) is 1.96. The van der Waals surface area contributed by atoms with Crippen molar-refractivity contribution in [1.82, 2.24) is 0 Å². The summed E-state index contributed by atoms with van der Waals surface area (Å²) < 4.78 is 2.20. The summed E-state index contributed by atoms with van der Waals surface area (Å²) in [7, 11) is 0. The van der Waals surface area contributed by atoms with Gasteiger partial charge in [0.1, 0.15) is 0 Å². The normalized spacial score (nSPS) is 11.8. The van der Waals surface area contributed by atoms with Crippen molar-refractivity contribution in [2.24, 2.45) is 0 Å². The Morgan fingerprint density at radius 1 is 0.458 bits per heavy atom. The Morgan fingerprint density at radius 3 is 1.92 bits per heavy atom. The van der Waals surface area contributed by atoms with Crippen molar-refractivity contribution in [2.45, 2.75) is 0 Å². The van der Waals surface area contributed by atoms with Crippen LogP contribution in [0.1, 0.15) is 0 Å². The van der Waals surface area contributed by atoms with Gasteiger partial charge < -0.3 is 0 Å². The monoisotopic (exact) mass is 434 g/mol. The zero-order valence-corrected chi connectivity index (χ0v) is 15.9. The van der Waals surface area contributed by atoms with Crippen molar-refractivity contribution < 1.29 is 0 Å². The maximum absolute atomic E-state index is 3.76. The Kier molecular flexibility index (Phi) is 3.19. The van der Waals surface area contributed by atoms with Crippen molar-refractivity contribution in [3.8, 4) is 0 Å². The van der Waals surface area contributed by atoms with Crippen LogP contribution in [0.25, 0.3) is 43.1 Å². The van der Waals surface area contributed by atoms with Crippen LogP contribution in [0.4, 0.5) is 0 Å². The Hall–Kier alpha value is -1.90. The summed E-state index contributed by atoms with van der Waals surface area (Å²) in [6, 6.07) is 26.3. The number of benzene rings is 5. The van der Waals surface area contributed by atoms with E-state index in [1.165, 1.54) is 43.1 Å². The second-order valence-corrected chi connectivity index (χ2v) is 7.71. The molecule has 5 aromatic carbocycles. The largest absolute Gasteiger partial charge is 0.0616 e. The first-order chi connectivity index (χ1) is 11.7. The fraction of sp³-hybridized carbons (Fsp3) is 0. The third-order valence-electron chi connectivity index (χ3n) is 4.79. The smallest absolute Gasteiger partial charge is 0.0402 e. The minimum absolute atomic E-state index is 1.08. The van der Waals surface area contributed by atoms with Crippen LogP contribution in [0, 0.1) is 0 Å². The molecule has 0 aliphatic carbocycles. The van der Waals surface area contributed by atoms with Crippen LogP contribution in [0.5, 0.6) is 0 Å². The molecule has 0 radical (unpaired) electrons. The van der Waals surface area contributed by atoms with Gasteiger partial charge in [-0.3, -0.25) is 0 Å². The van der Waals surface area contributed by atoms with E-state index in [1.807, 2.05) is 0 Å². The summed E-state index contributed by atoms with van der Waals surface area (Å²) in [5.41, 5.74) is 0. The second kappa shape index (κ2) is 5.30. The summed E-state index contributed by atoms with van der Waals surface area (Å²) in [6.07, 6.45) is 0. The van der Waals surface area contributed by atoms with Crippen LogP contribution in [0.3, 0.4) is 0 Å². The summed E-state index contributed by atoms with van der Waals surface area (Å²) in [5.74, 6) is 0. The highest BCUT2D eigenvalue weighted by atomic mass is 79.9. The standard InChI is InChI=1S/C22H12Br2/c23-20-12-7-14-6-9-18-17-8-5-13-3-1-2-4-15(13)16(17)10-11-19(18)21(14)22(20)24/h1-12H. The van der Waals surface area contributed by atoms with E-state index in [-0.39, 0.29) is 0 Å². The maximum Gasteiger partial charge on any atom is 0.0402 e. The summed E-state index contributed by atoms with van der Waals surface area (Å²) >= 11 is 7.40. The van der Waals surface area contributed by atoms with E-state index in [2.05, 4.69) is 105 Å². The summed E-state index contributed by atoms with van der Waals surface area (Å²) in [6.45, 7) is 0.